The van der Waals surface area contributed by atoms with Gasteiger partial charge in [0.1, 0.15) is 5.82 Å². The first-order chi connectivity index (χ1) is 12.2. The Balaban J connectivity index is 1.75. The maximum Gasteiger partial charge on any atom is 0.225 e. The minimum Gasteiger partial charge on any atom is -0.349 e. The standard InChI is InChI=1S/C22H20FNO/c23-20-14-8-7-13-19(20)16-22(25)24-21(18-11-5-2-6-12-18)15-17-9-3-1-4-10-17/h1-14,21H,15-16H2,(H,24,25)/t21-/m0/s1. The van der Waals surface area contributed by atoms with Crippen LogP contribution < -0.4 is 5.32 Å². The van der Waals surface area contributed by atoms with E-state index in [1.54, 1.807) is 18.2 Å². The van der Waals surface area contributed by atoms with Gasteiger partial charge >= 0.3 is 0 Å². The molecule has 3 heteroatoms. The summed E-state index contributed by atoms with van der Waals surface area (Å²) in [5.41, 5.74) is 2.59. The van der Waals surface area contributed by atoms with E-state index < -0.39 is 0 Å². The van der Waals surface area contributed by atoms with Gasteiger partial charge in [-0.3, -0.25) is 4.79 Å². The third-order valence-electron chi connectivity index (χ3n) is 4.13. The second-order valence-corrected chi connectivity index (χ2v) is 5.99. The van der Waals surface area contributed by atoms with Crippen LogP contribution in [0.3, 0.4) is 0 Å². The summed E-state index contributed by atoms with van der Waals surface area (Å²) in [6, 6.07) is 26.1. The molecule has 0 aliphatic rings. The minimum atomic E-state index is -0.350. The van der Waals surface area contributed by atoms with Crippen molar-refractivity contribution in [1.82, 2.24) is 5.32 Å². The molecule has 0 unspecified atom stereocenters. The quantitative estimate of drug-likeness (QED) is 0.708. The van der Waals surface area contributed by atoms with Crippen molar-refractivity contribution in [3.63, 3.8) is 0 Å². The van der Waals surface area contributed by atoms with Gasteiger partial charge in [-0.25, -0.2) is 4.39 Å². The highest BCUT2D eigenvalue weighted by atomic mass is 19.1. The van der Waals surface area contributed by atoms with E-state index in [1.807, 2.05) is 60.7 Å². The number of nitrogens with one attached hydrogen (secondary N) is 1. The van der Waals surface area contributed by atoms with Crippen molar-refractivity contribution in [3.05, 3.63) is 107 Å². The Morgan fingerprint density at radius 3 is 2.12 bits per heavy atom. The molecule has 2 nitrogen and oxygen atoms in total. The number of hydrogen-bond donors (Lipinski definition) is 1. The van der Waals surface area contributed by atoms with Crippen LogP contribution in [0.15, 0.2) is 84.9 Å². The van der Waals surface area contributed by atoms with Crippen LogP contribution in [0, 0.1) is 5.82 Å². The van der Waals surface area contributed by atoms with Gasteiger partial charge in [0.15, 0.2) is 0 Å². The van der Waals surface area contributed by atoms with Gasteiger partial charge in [-0.1, -0.05) is 78.9 Å². The molecule has 0 aliphatic carbocycles. The highest BCUT2D eigenvalue weighted by Gasteiger charge is 2.16. The first-order valence-corrected chi connectivity index (χ1v) is 8.34. The zero-order valence-corrected chi connectivity index (χ0v) is 13.9. The van der Waals surface area contributed by atoms with Crippen molar-refractivity contribution < 1.29 is 9.18 Å². The summed E-state index contributed by atoms with van der Waals surface area (Å²) in [6.45, 7) is 0. The molecule has 1 atom stereocenters. The highest BCUT2D eigenvalue weighted by Crippen LogP contribution is 2.19. The number of rotatable bonds is 6. The fourth-order valence-corrected chi connectivity index (χ4v) is 2.85. The van der Waals surface area contributed by atoms with E-state index in [1.165, 1.54) is 6.07 Å². The zero-order valence-electron chi connectivity index (χ0n) is 13.9. The lowest BCUT2D eigenvalue weighted by molar-refractivity contribution is -0.121. The van der Waals surface area contributed by atoms with Crippen LogP contribution in [-0.2, 0) is 17.6 Å². The molecule has 25 heavy (non-hydrogen) atoms. The third kappa shape index (κ3) is 4.77. The largest absolute Gasteiger partial charge is 0.349 e. The van der Waals surface area contributed by atoms with E-state index in [-0.39, 0.29) is 24.2 Å². The summed E-state index contributed by atoms with van der Waals surface area (Å²) in [5, 5.41) is 3.05. The smallest absolute Gasteiger partial charge is 0.225 e. The summed E-state index contributed by atoms with van der Waals surface area (Å²) < 4.78 is 13.8. The van der Waals surface area contributed by atoms with Crippen molar-refractivity contribution in [1.29, 1.82) is 0 Å². The predicted octanol–water partition coefficient (Wildman–Crippen LogP) is 4.47. The van der Waals surface area contributed by atoms with Crippen molar-refractivity contribution in [2.75, 3.05) is 0 Å². The maximum absolute atomic E-state index is 13.8. The van der Waals surface area contributed by atoms with Crippen LogP contribution in [0.2, 0.25) is 0 Å². The Morgan fingerprint density at radius 1 is 0.840 bits per heavy atom. The number of carbonyl (C=O) groups is 1. The molecule has 1 N–H and O–H groups in total. The lowest BCUT2D eigenvalue weighted by Gasteiger charge is -2.20. The van der Waals surface area contributed by atoms with Crippen molar-refractivity contribution >= 4 is 5.91 Å². The Bertz CT molecular complexity index is 818. The van der Waals surface area contributed by atoms with Gasteiger partial charge in [0.05, 0.1) is 12.5 Å². The Hall–Kier alpha value is -2.94. The van der Waals surface area contributed by atoms with Gasteiger partial charge in [-0.15, -0.1) is 0 Å². The molecule has 0 radical (unpaired) electrons. The van der Waals surface area contributed by atoms with Crippen molar-refractivity contribution in [2.24, 2.45) is 0 Å². The molecule has 1 amide bonds. The molecule has 0 fully saturated rings. The van der Waals surface area contributed by atoms with Crippen LogP contribution in [0.1, 0.15) is 22.7 Å². The monoisotopic (exact) mass is 333 g/mol. The number of carbonyl (C=O) groups excluding carboxylic acids is 1. The highest BCUT2D eigenvalue weighted by molar-refractivity contribution is 5.79. The molecule has 0 bridgehead atoms. The van der Waals surface area contributed by atoms with E-state index in [4.69, 9.17) is 0 Å². The van der Waals surface area contributed by atoms with E-state index in [2.05, 4.69) is 5.32 Å². The maximum atomic E-state index is 13.8. The second-order valence-electron chi connectivity index (χ2n) is 5.99. The average Bonchev–Trinajstić information content (AvgIpc) is 2.65. The van der Waals surface area contributed by atoms with Crippen LogP contribution in [0.4, 0.5) is 4.39 Å². The van der Waals surface area contributed by atoms with Gasteiger partial charge in [0.2, 0.25) is 5.91 Å². The molecule has 126 valence electrons. The van der Waals surface area contributed by atoms with Crippen LogP contribution in [0.25, 0.3) is 0 Å². The molecule has 3 rings (SSSR count). The molecule has 3 aromatic carbocycles. The molecule has 0 spiro atoms. The van der Waals surface area contributed by atoms with E-state index in [9.17, 15) is 9.18 Å². The predicted molar refractivity (Wildman–Crippen MR) is 97.6 cm³/mol. The summed E-state index contributed by atoms with van der Waals surface area (Å²) in [4.78, 5) is 12.5. The van der Waals surface area contributed by atoms with E-state index >= 15 is 0 Å². The molecule has 0 saturated heterocycles. The van der Waals surface area contributed by atoms with Crippen molar-refractivity contribution in [3.8, 4) is 0 Å². The average molecular weight is 333 g/mol. The topological polar surface area (TPSA) is 29.1 Å². The molecule has 0 saturated carbocycles. The Labute approximate surface area is 147 Å². The van der Waals surface area contributed by atoms with Crippen LogP contribution >= 0.6 is 0 Å². The lowest BCUT2D eigenvalue weighted by atomic mass is 9.98. The Morgan fingerprint density at radius 2 is 1.44 bits per heavy atom. The number of amides is 1. The lowest BCUT2D eigenvalue weighted by Crippen LogP contribution is -2.31. The summed E-state index contributed by atoms with van der Waals surface area (Å²) in [7, 11) is 0. The molecular weight excluding hydrogens is 313 g/mol. The fraction of sp³-hybridized carbons (Fsp3) is 0.136. The number of benzene rings is 3. The van der Waals surface area contributed by atoms with Gasteiger partial charge in [0, 0.05) is 0 Å². The molecule has 0 aliphatic heterocycles. The number of hydrogen-bond acceptors (Lipinski definition) is 1. The molecule has 0 heterocycles. The normalized spacial score (nSPS) is 11.7. The zero-order chi connectivity index (χ0) is 17.5. The summed E-state index contributed by atoms with van der Waals surface area (Å²) in [6.07, 6.45) is 0.721. The van der Waals surface area contributed by atoms with E-state index in [0.29, 0.717) is 12.0 Å². The minimum absolute atomic E-state index is 0.0325. The van der Waals surface area contributed by atoms with Crippen LogP contribution in [0.5, 0.6) is 0 Å². The second kappa shape index (κ2) is 8.25. The van der Waals surface area contributed by atoms with E-state index in [0.717, 1.165) is 11.1 Å². The molecular formula is C22H20FNO. The van der Waals surface area contributed by atoms with Crippen LogP contribution in [-0.4, -0.2) is 5.91 Å². The first kappa shape index (κ1) is 16.9. The Kier molecular flexibility index (Phi) is 5.57. The number of halogens is 1. The van der Waals surface area contributed by atoms with Crippen molar-refractivity contribution in [2.45, 2.75) is 18.9 Å². The molecule has 0 aromatic heterocycles. The van der Waals surface area contributed by atoms with Gasteiger partial charge < -0.3 is 5.32 Å². The SMILES string of the molecule is O=C(Cc1ccccc1F)N[C@@H](Cc1ccccc1)c1ccccc1. The van der Waals surface area contributed by atoms with Gasteiger partial charge in [-0.2, -0.15) is 0 Å². The molecule has 3 aromatic rings. The first-order valence-electron chi connectivity index (χ1n) is 8.34. The third-order valence-corrected chi connectivity index (χ3v) is 4.13. The summed E-state index contributed by atoms with van der Waals surface area (Å²) >= 11 is 0. The summed E-state index contributed by atoms with van der Waals surface area (Å²) in [5.74, 6) is -0.535. The van der Waals surface area contributed by atoms with Gasteiger partial charge in [0.25, 0.3) is 0 Å². The fourth-order valence-electron chi connectivity index (χ4n) is 2.85. The van der Waals surface area contributed by atoms with Gasteiger partial charge in [-0.05, 0) is 29.2 Å².